The molecular weight excluding hydrogens is 446 g/mol. The van der Waals surface area contributed by atoms with Gasteiger partial charge in [0.1, 0.15) is 11.6 Å². The molecule has 0 bridgehead atoms. The van der Waals surface area contributed by atoms with Crippen molar-refractivity contribution in [2.75, 3.05) is 26.2 Å². The highest BCUT2D eigenvalue weighted by atomic mass is 19.1. The fourth-order valence-corrected chi connectivity index (χ4v) is 4.19. The maximum Gasteiger partial charge on any atom is 0.332 e. The summed E-state index contributed by atoms with van der Waals surface area (Å²) < 4.78 is 35.1. The molecule has 0 unspecified atom stereocenters. The Bertz CT molecular complexity index is 1180. The van der Waals surface area contributed by atoms with Gasteiger partial charge in [0.15, 0.2) is 0 Å². The highest BCUT2D eigenvalue weighted by Crippen LogP contribution is 2.22. The number of rotatable bonds is 9. The number of ether oxygens (including phenoxy) is 1. The molecule has 0 N–H and O–H groups in total. The number of nitro benzene ring substituents is 1. The second-order valence-electron chi connectivity index (χ2n) is 8.41. The summed E-state index contributed by atoms with van der Waals surface area (Å²) in [4.78, 5) is 25.2. The fourth-order valence-electron chi connectivity index (χ4n) is 4.19. The number of piperidine rings is 1. The normalized spacial score (nSPS) is 14.9. The number of hydrogen-bond acceptors (Lipinski definition) is 5. The maximum atomic E-state index is 13.6. The molecule has 0 saturated carbocycles. The molecule has 0 radical (unpaired) electrons. The van der Waals surface area contributed by atoms with Crippen molar-refractivity contribution in [1.82, 2.24) is 14.0 Å². The summed E-state index contributed by atoms with van der Waals surface area (Å²) in [6.07, 6.45) is 6.20. The molecule has 1 fully saturated rings. The second-order valence-corrected chi connectivity index (χ2v) is 8.41. The SMILES string of the molecule is O=c1n(CCN2CCC(CCOc3ccc(F)cc3)CC2)ccn1-c1ccc(F)c([N+](=O)[O-])c1. The predicted octanol–water partition coefficient (Wildman–Crippen LogP) is 4.01. The zero-order valence-corrected chi connectivity index (χ0v) is 18.6. The summed E-state index contributed by atoms with van der Waals surface area (Å²) >= 11 is 0. The van der Waals surface area contributed by atoms with Crippen molar-refractivity contribution in [1.29, 1.82) is 0 Å². The van der Waals surface area contributed by atoms with Crippen LogP contribution in [-0.2, 0) is 6.54 Å². The fraction of sp³-hybridized carbons (Fsp3) is 0.375. The molecule has 0 aliphatic carbocycles. The van der Waals surface area contributed by atoms with E-state index in [9.17, 15) is 23.7 Å². The number of nitro groups is 1. The lowest BCUT2D eigenvalue weighted by Crippen LogP contribution is -2.37. The first-order valence-corrected chi connectivity index (χ1v) is 11.2. The quantitative estimate of drug-likeness (QED) is 0.347. The lowest BCUT2D eigenvalue weighted by molar-refractivity contribution is -0.387. The molecule has 1 aliphatic rings. The van der Waals surface area contributed by atoms with E-state index >= 15 is 0 Å². The summed E-state index contributed by atoms with van der Waals surface area (Å²) in [6, 6.07) is 9.43. The van der Waals surface area contributed by atoms with E-state index in [1.54, 1.807) is 22.9 Å². The van der Waals surface area contributed by atoms with Gasteiger partial charge in [0.2, 0.25) is 5.82 Å². The average Bonchev–Trinajstić information content (AvgIpc) is 3.20. The Labute approximate surface area is 195 Å². The molecule has 180 valence electrons. The van der Waals surface area contributed by atoms with Crippen LogP contribution in [0.1, 0.15) is 19.3 Å². The van der Waals surface area contributed by atoms with Gasteiger partial charge >= 0.3 is 11.4 Å². The summed E-state index contributed by atoms with van der Waals surface area (Å²) in [5.41, 5.74) is -0.739. The van der Waals surface area contributed by atoms with Gasteiger partial charge in [-0.1, -0.05) is 0 Å². The largest absolute Gasteiger partial charge is 0.494 e. The predicted molar refractivity (Wildman–Crippen MR) is 122 cm³/mol. The standard InChI is InChI=1S/C24H26F2N4O4/c25-19-1-4-21(5-2-19)34-16-9-18-7-10-27(11-8-18)12-13-28-14-15-29(24(28)31)20-3-6-22(26)23(17-20)30(32)33/h1-6,14-15,17-18H,7-13,16H2. The van der Waals surface area contributed by atoms with E-state index in [1.807, 2.05) is 0 Å². The number of hydrogen-bond donors (Lipinski definition) is 0. The van der Waals surface area contributed by atoms with E-state index in [-0.39, 0.29) is 17.2 Å². The van der Waals surface area contributed by atoms with Crippen LogP contribution in [0.25, 0.3) is 5.69 Å². The van der Waals surface area contributed by atoms with Gasteiger partial charge in [0, 0.05) is 31.5 Å². The smallest absolute Gasteiger partial charge is 0.332 e. The van der Waals surface area contributed by atoms with Gasteiger partial charge in [-0.05, 0) is 74.7 Å². The van der Waals surface area contributed by atoms with Crippen LogP contribution >= 0.6 is 0 Å². The first-order valence-electron chi connectivity index (χ1n) is 11.2. The summed E-state index contributed by atoms with van der Waals surface area (Å²) in [5, 5.41) is 11.0. The van der Waals surface area contributed by atoms with Crippen LogP contribution in [0, 0.1) is 27.7 Å². The van der Waals surface area contributed by atoms with Crippen LogP contribution in [0.2, 0.25) is 0 Å². The van der Waals surface area contributed by atoms with Gasteiger partial charge < -0.3 is 9.64 Å². The van der Waals surface area contributed by atoms with Gasteiger partial charge in [0.25, 0.3) is 0 Å². The Kier molecular flexibility index (Phi) is 7.36. The summed E-state index contributed by atoms with van der Waals surface area (Å²) in [7, 11) is 0. The van der Waals surface area contributed by atoms with Gasteiger partial charge in [-0.2, -0.15) is 4.39 Å². The van der Waals surface area contributed by atoms with Crippen LogP contribution in [0.3, 0.4) is 0 Å². The van der Waals surface area contributed by atoms with Crippen molar-refractivity contribution >= 4 is 5.69 Å². The molecule has 4 rings (SSSR count). The zero-order chi connectivity index (χ0) is 24.1. The molecule has 0 spiro atoms. The van der Waals surface area contributed by atoms with Crippen molar-refractivity contribution < 1.29 is 18.4 Å². The van der Waals surface area contributed by atoms with Gasteiger partial charge in [0.05, 0.1) is 17.2 Å². The number of nitrogens with zero attached hydrogens (tertiary/aromatic N) is 4. The monoisotopic (exact) mass is 472 g/mol. The van der Waals surface area contributed by atoms with Crippen molar-refractivity contribution in [3.63, 3.8) is 0 Å². The molecule has 10 heteroatoms. The van der Waals surface area contributed by atoms with Crippen molar-refractivity contribution in [2.24, 2.45) is 5.92 Å². The van der Waals surface area contributed by atoms with E-state index in [0.717, 1.165) is 44.5 Å². The molecule has 8 nitrogen and oxygen atoms in total. The van der Waals surface area contributed by atoms with Crippen molar-refractivity contribution in [2.45, 2.75) is 25.8 Å². The highest BCUT2D eigenvalue weighted by molar-refractivity contribution is 5.44. The van der Waals surface area contributed by atoms with Gasteiger partial charge in [-0.3, -0.25) is 19.2 Å². The third-order valence-corrected chi connectivity index (χ3v) is 6.22. The molecule has 0 amide bonds. The number of benzene rings is 2. The number of likely N-dealkylation sites (tertiary alicyclic amines) is 1. The minimum Gasteiger partial charge on any atom is -0.494 e. The van der Waals surface area contributed by atoms with E-state index in [4.69, 9.17) is 4.74 Å². The molecule has 1 saturated heterocycles. The Hall–Kier alpha value is -3.53. The van der Waals surface area contributed by atoms with Crippen LogP contribution in [0.15, 0.2) is 59.7 Å². The second kappa shape index (κ2) is 10.6. The molecular formula is C24H26F2N4O4. The Morgan fingerprint density at radius 1 is 1.03 bits per heavy atom. The maximum absolute atomic E-state index is 13.6. The molecule has 34 heavy (non-hydrogen) atoms. The average molecular weight is 472 g/mol. The minimum atomic E-state index is -0.938. The molecule has 0 atom stereocenters. The van der Waals surface area contributed by atoms with E-state index < -0.39 is 16.4 Å². The third-order valence-electron chi connectivity index (χ3n) is 6.22. The summed E-state index contributed by atoms with van der Waals surface area (Å²) in [6.45, 7) is 3.67. The third kappa shape index (κ3) is 5.69. The van der Waals surface area contributed by atoms with Crippen molar-refractivity contribution in [3.8, 4) is 11.4 Å². The van der Waals surface area contributed by atoms with E-state index in [0.29, 0.717) is 31.4 Å². The molecule has 3 aromatic rings. The zero-order valence-electron chi connectivity index (χ0n) is 18.6. The lowest BCUT2D eigenvalue weighted by atomic mass is 9.94. The number of aromatic nitrogens is 2. The van der Waals surface area contributed by atoms with Gasteiger partial charge in [-0.25, -0.2) is 9.18 Å². The van der Waals surface area contributed by atoms with E-state index in [2.05, 4.69) is 4.90 Å². The molecule has 1 aromatic heterocycles. The van der Waals surface area contributed by atoms with Crippen LogP contribution < -0.4 is 10.4 Å². The van der Waals surface area contributed by atoms with E-state index in [1.165, 1.54) is 29.0 Å². The van der Waals surface area contributed by atoms with Crippen LogP contribution in [0.5, 0.6) is 5.75 Å². The topological polar surface area (TPSA) is 82.5 Å². The number of halogens is 2. The Balaban J connectivity index is 1.24. The number of imidazole rings is 1. The first-order chi connectivity index (χ1) is 16.4. The minimum absolute atomic E-state index is 0.250. The van der Waals surface area contributed by atoms with Crippen LogP contribution in [0.4, 0.5) is 14.5 Å². The highest BCUT2D eigenvalue weighted by Gasteiger charge is 2.20. The molecule has 2 heterocycles. The Morgan fingerprint density at radius 3 is 2.47 bits per heavy atom. The first kappa shape index (κ1) is 23.6. The van der Waals surface area contributed by atoms with Crippen molar-refractivity contribution in [3.05, 3.63) is 87.1 Å². The molecule has 2 aromatic carbocycles. The van der Waals surface area contributed by atoms with Gasteiger partial charge in [-0.15, -0.1) is 0 Å². The molecule has 1 aliphatic heterocycles. The lowest BCUT2D eigenvalue weighted by Gasteiger charge is -2.31. The van der Waals surface area contributed by atoms with Crippen LogP contribution in [-0.4, -0.2) is 45.2 Å². The summed E-state index contributed by atoms with van der Waals surface area (Å²) in [5.74, 6) is 0.0193. The Morgan fingerprint density at radius 2 is 1.76 bits per heavy atom.